The van der Waals surface area contributed by atoms with Crippen molar-refractivity contribution >= 4 is 34.2 Å². The smallest absolute Gasteiger partial charge is 0.271 e. The summed E-state index contributed by atoms with van der Waals surface area (Å²) in [6.45, 7) is 3.86. The van der Waals surface area contributed by atoms with Crippen LogP contribution in [0.3, 0.4) is 0 Å². The summed E-state index contributed by atoms with van der Waals surface area (Å²) in [5, 5.41) is 3.97. The molecule has 0 fully saturated rings. The van der Waals surface area contributed by atoms with Crippen molar-refractivity contribution in [3.63, 3.8) is 0 Å². The maximum absolute atomic E-state index is 11.8. The van der Waals surface area contributed by atoms with Crippen molar-refractivity contribution in [2.45, 2.75) is 20.3 Å². The zero-order valence-electron chi connectivity index (χ0n) is 10.1. The lowest BCUT2D eigenvalue weighted by Crippen LogP contribution is -2.19. The first-order valence-corrected chi connectivity index (χ1v) is 6.33. The highest BCUT2D eigenvalue weighted by atomic mass is 127. The van der Waals surface area contributed by atoms with Crippen LogP contribution in [0.1, 0.15) is 30.6 Å². The van der Waals surface area contributed by atoms with Crippen molar-refractivity contribution in [3.05, 3.63) is 27.3 Å². The van der Waals surface area contributed by atoms with Crippen LogP contribution >= 0.6 is 22.6 Å². The standard InChI is InChI=1S/C12H15IN2O2/c1-4-8(2)14-15-12(16)9-5-6-11(17-3)10(13)7-9/h5-7H,4H2,1-3H3,(H,15,16)/b14-8-. The Hall–Kier alpha value is -1.11. The van der Waals surface area contributed by atoms with E-state index in [1.54, 1.807) is 25.3 Å². The van der Waals surface area contributed by atoms with Crippen molar-refractivity contribution in [2.75, 3.05) is 7.11 Å². The third kappa shape index (κ3) is 3.99. The maximum Gasteiger partial charge on any atom is 0.271 e. The number of hydrogen-bond donors (Lipinski definition) is 1. The van der Waals surface area contributed by atoms with Crippen LogP contribution in [0.25, 0.3) is 0 Å². The summed E-state index contributed by atoms with van der Waals surface area (Å²) in [6.07, 6.45) is 0.820. The third-order valence-electron chi connectivity index (χ3n) is 2.27. The highest BCUT2D eigenvalue weighted by Gasteiger charge is 2.07. The van der Waals surface area contributed by atoms with E-state index in [0.717, 1.165) is 21.5 Å². The van der Waals surface area contributed by atoms with E-state index in [1.807, 2.05) is 13.8 Å². The van der Waals surface area contributed by atoms with Gasteiger partial charge in [-0.15, -0.1) is 0 Å². The van der Waals surface area contributed by atoms with Gasteiger partial charge in [0.1, 0.15) is 5.75 Å². The number of amides is 1. The van der Waals surface area contributed by atoms with Crippen LogP contribution in [0.5, 0.6) is 5.75 Å². The largest absolute Gasteiger partial charge is 0.496 e. The van der Waals surface area contributed by atoms with Gasteiger partial charge >= 0.3 is 0 Å². The van der Waals surface area contributed by atoms with Gasteiger partial charge in [0.25, 0.3) is 5.91 Å². The summed E-state index contributed by atoms with van der Waals surface area (Å²) >= 11 is 2.13. The van der Waals surface area contributed by atoms with Gasteiger partial charge in [0.2, 0.25) is 0 Å². The molecule has 0 saturated carbocycles. The summed E-state index contributed by atoms with van der Waals surface area (Å²) < 4.78 is 6.03. The van der Waals surface area contributed by atoms with Gasteiger partial charge in [0.15, 0.2) is 0 Å². The Labute approximate surface area is 115 Å². The molecule has 4 nitrogen and oxygen atoms in total. The highest BCUT2D eigenvalue weighted by Crippen LogP contribution is 2.21. The third-order valence-corrected chi connectivity index (χ3v) is 3.12. The van der Waals surface area contributed by atoms with E-state index in [1.165, 1.54) is 0 Å². The fraction of sp³-hybridized carbons (Fsp3) is 0.333. The number of hydrogen-bond acceptors (Lipinski definition) is 3. The average molecular weight is 346 g/mol. The molecule has 0 saturated heterocycles. The average Bonchev–Trinajstić information content (AvgIpc) is 2.35. The predicted molar refractivity (Wildman–Crippen MR) is 76.6 cm³/mol. The van der Waals surface area contributed by atoms with Crippen molar-refractivity contribution in [1.82, 2.24) is 5.43 Å². The molecule has 1 N–H and O–H groups in total. The van der Waals surface area contributed by atoms with Gasteiger partial charge in [-0.1, -0.05) is 6.92 Å². The Morgan fingerprint density at radius 2 is 2.24 bits per heavy atom. The Bertz CT molecular complexity index is 444. The molecule has 92 valence electrons. The summed E-state index contributed by atoms with van der Waals surface area (Å²) in [5.41, 5.74) is 3.98. The quantitative estimate of drug-likeness (QED) is 0.518. The number of hydrazone groups is 1. The van der Waals surface area contributed by atoms with Gasteiger partial charge in [-0.3, -0.25) is 4.79 Å². The van der Waals surface area contributed by atoms with E-state index in [2.05, 4.69) is 33.1 Å². The normalized spacial score (nSPS) is 11.2. The molecule has 0 aliphatic rings. The van der Waals surface area contributed by atoms with Crippen LogP contribution in [0.15, 0.2) is 23.3 Å². The predicted octanol–water partition coefficient (Wildman–Crippen LogP) is 2.82. The van der Waals surface area contributed by atoms with Gasteiger partial charge < -0.3 is 4.74 Å². The Kier molecular flexibility index (Phi) is 5.40. The molecule has 0 spiro atoms. The first kappa shape index (κ1) is 14.0. The van der Waals surface area contributed by atoms with Crippen LogP contribution in [0.2, 0.25) is 0 Å². The SMILES string of the molecule is CC/C(C)=N\NC(=O)c1ccc(OC)c(I)c1. The fourth-order valence-electron chi connectivity index (χ4n) is 1.10. The molecule has 5 heteroatoms. The first-order chi connectivity index (χ1) is 8.08. The van der Waals surface area contributed by atoms with Crippen molar-refractivity contribution in [1.29, 1.82) is 0 Å². The number of rotatable bonds is 4. The summed E-state index contributed by atoms with van der Waals surface area (Å²) in [6, 6.07) is 5.26. The minimum atomic E-state index is -0.210. The highest BCUT2D eigenvalue weighted by molar-refractivity contribution is 14.1. The minimum absolute atomic E-state index is 0.210. The fourth-order valence-corrected chi connectivity index (χ4v) is 1.83. The topological polar surface area (TPSA) is 50.7 Å². The summed E-state index contributed by atoms with van der Waals surface area (Å²) in [7, 11) is 1.60. The van der Waals surface area contributed by atoms with E-state index < -0.39 is 0 Å². The number of carbonyl (C=O) groups is 1. The van der Waals surface area contributed by atoms with E-state index in [9.17, 15) is 4.79 Å². The molecule has 1 aromatic carbocycles. The Balaban J connectivity index is 2.80. The Morgan fingerprint density at radius 1 is 1.53 bits per heavy atom. The molecule has 0 heterocycles. The van der Waals surface area contributed by atoms with Gasteiger partial charge in [-0.05, 0) is 54.1 Å². The van der Waals surface area contributed by atoms with Crippen molar-refractivity contribution < 1.29 is 9.53 Å². The first-order valence-electron chi connectivity index (χ1n) is 5.25. The molecule has 1 amide bonds. The molecule has 0 radical (unpaired) electrons. The molecule has 0 unspecified atom stereocenters. The number of nitrogens with one attached hydrogen (secondary N) is 1. The molecule has 17 heavy (non-hydrogen) atoms. The number of ether oxygens (including phenoxy) is 1. The van der Waals surface area contributed by atoms with Crippen LogP contribution in [-0.2, 0) is 0 Å². The van der Waals surface area contributed by atoms with E-state index in [4.69, 9.17) is 4.74 Å². The van der Waals surface area contributed by atoms with Crippen molar-refractivity contribution in [3.8, 4) is 5.75 Å². The second-order valence-corrected chi connectivity index (χ2v) is 4.65. The van der Waals surface area contributed by atoms with Crippen molar-refractivity contribution in [2.24, 2.45) is 5.10 Å². The monoisotopic (exact) mass is 346 g/mol. The maximum atomic E-state index is 11.8. The molecule has 1 rings (SSSR count). The molecule has 0 bridgehead atoms. The van der Waals surface area contributed by atoms with Gasteiger partial charge in [-0.25, -0.2) is 5.43 Å². The summed E-state index contributed by atoms with van der Waals surface area (Å²) in [4.78, 5) is 11.8. The van der Waals surface area contributed by atoms with E-state index in [0.29, 0.717) is 5.56 Å². The zero-order valence-corrected chi connectivity index (χ0v) is 12.2. The lowest BCUT2D eigenvalue weighted by molar-refractivity contribution is 0.0954. The molecule has 0 aliphatic carbocycles. The Morgan fingerprint density at radius 3 is 2.76 bits per heavy atom. The van der Waals surface area contributed by atoms with Crippen LogP contribution < -0.4 is 10.2 Å². The van der Waals surface area contributed by atoms with Crippen LogP contribution in [0.4, 0.5) is 0 Å². The molecular weight excluding hydrogens is 331 g/mol. The lowest BCUT2D eigenvalue weighted by atomic mass is 10.2. The zero-order chi connectivity index (χ0) is 12.8. The van der Waals surface area contributed by atoms with Gasteiger partial charge in [0.05, 0.1) is 10.7 Å². The van der Waals surface area contributed by atoms with Gasteiger partial charge in [-0.2, -0.15) is 5.10 Å². The van der Waals surface area contributed by atoms with Gasteiger partial charge in [0, 0.05) is 11.3 Å². The molecule has 0 atom stereocenters. The molecule has 0 aromatic heterocycles. The number of halogens is 1. The number of nitrogens with zero attached hydrogens (tertiary/aromatic N) is 1. The summed E-state index contributed by atoms with van der Waals surface area (Å²) in [5.74, 6) is 0.550. The van der Waals surface area contributed by atoms with Crippen LogP contribution in [0, 0.1) is 3.57 Å². The number of benzene rings is 1. The van der Waals surface area contributed by atoms with E-state index >= 15 is 0 Å². The molecule has 0 aliphatic heterocycles. The second-order valence-electron chi connectivity index (χ2n) is 3.49. The second kappa shape index (κ2) is 6.58. The molecular formula is C12H15IN2O2. The lowest BCUT2D eigenvalue weighted by Gasteiger charge is -2.05. The number of methoxy groups -OCH3 is 1. The van der Waals surface area contributed by atoms with Crippen LogP contribution in [-0.4, -0.2) is 18.7 Å². The van der Waals surface area contributed by atoms with E-state index in [-0.39, 0.29) is 5.91 Å². The minimum Gasteiger partial charge on any atom is -0.496 e. The molecule has 1 aromatic rings. The number of carbonyl (C=O) groups excluding carboxylic acids is 1.